The lowest BCUT2D eigenvalue weighted by Crippen LogP contribution is -2.01. The maximum atomic E-state index is 9.23. The predicted molar refractivity (Wildman–Crippen MR) is 178 cm³/mol. The Morgan fingerprint density at radius 3 is 1.91 bits per heavy atom. The fourth-order valence-corrected chi connectivity index (χ4v) is 5.48. The largest absolute Gasteiger partial charge is 0.456 e. The minimum Gasteiger partial charge on any atom is -0.456 e. The third-order valence-corrected chi connectivity index (χ3v) is 7.41. The zero-order valence-electron chi connectivity index (χ0n) is 34.6. The molecule has 206 valence electrons. The van der Waals surface area contributed by atoms with E-state index in [-0.39, 0.29) is 50.5 Å². The maximum Gasteiger partial charge on any atom is 0.164 e. The van der Waals surface area contributed by atoms with Crippen LogP contribution < -0.4 is 0 Å². The van der Waals surface area contributed by atoms with Crippen LogP contribution in [0, 0.1) is 0 Å². The van der Waals surface area contributed by atoms with Gasteiger partial charge in [-0.25, -0.2) is 15.0 Å². The van der Waals surface area contributed by atoms with E-state index >= 15 is 0 Å². The van der Waals surface area contributed by atoms with Gasteiger partial charge >= 0.3 is 0 Å². The van der Waals surface area contributed by atoms with Gasteiger partial charge in [-0.05, 0) is 42.4 Å². The van der Waals surface area contributed by atoms with Crippen molar-refractivity contribution in [3.05, 3.63) is 145 Å². The second kappa shape index (κ2) is 9.75. The Morgan fingerprint density at radius 1 is 0.500 bits per heavy atom. The number of rotatable bonds is 4. The topological polar surface area (TPSA) is 56.7 Å². The minimum atomic E-state index is -0.628. The van der Waals surface area contributed by atoms with E-state index in [1.807, 2.05) is 60.7 Å². The van der Waals surface area contributed by atoms with Crippen molar-refractivity contribution < 1.29 is 20.9 Å². The molecule has 44 heavy (non-hydrogen) atoms. The van der Waals surface area contributed by atoms with E-state index < -0.39 is 72.5 Å². The molecule has 0 aliphatic heterocycles. The van der Waals surface area contributed by atoms with Crippen LogP contribution in [-0.4, -0.2) is 19.5 Å². The van der Waals surface area contributed by atoms with E-state index in [1.165, 1.54) is 0 Å². The normalized spacial score (nSPS) is 15.5. The second-order valence-corrected chi connectivity index (χ2v) is 9.99. The van der Waals surface area contributed by atoms with Crippen molar-refractivity contribution in [1.82, 2.24) is 19.5 Å². The number of hydrogen-bond donors (Lipinski definition) is 0. The molecule has 0 saturated carbocycles. The molecule has 9 aromatic rings. The Labute approximate surface area is 269 Å². The molecule has 0 bridgehead atoms. The van der Waals surface area contributed by atoms with Crippen LogP contribution in [0.4, 0.5) is 0 Å². The first-order chi connectivity index (χ1) is 26.8. The lowest BCUT2D eigenvalue weighted by Gasteiger charge is -2.11. The molecule has 0 atom stereocenters. The Morgan fingerprint density at radius 2 is 1.14 bits per heavy atom. The molecule has 3 aromatic heterocycles. The number of furan rings is 1. The lowest BCUT2D eigenvalue weighted by molar-refractivity contribution is 0.669. The van der Waals surface area contributed by atoms with Crippen molar-refractivity contribution in [2.75, 3.05) is 0 Å². The summed E-state index contributed by atoms with van der Waals surface area (Å²) in [6.07, 6.45) is 0. The highest BCUT2D eigenvalue weighted by molar-refractivity contribution is 6.09. The first-order valence-corrected chi connectivity index (χ1v) is 13.6. The highest BCUT2D eigenvalue weighted by atomic mass is 16.3. The summed E-state index contributed by atoms with van der Waals surface area (Å²) < 4.78 is 111. The molecular weight excluding hydrogens is 540 g/mol. The smallest absolute Gasteiger partial charge is 0.164 e. The van der Waals surface area contributed by atoms with E-state index in [4.69, 9.17) is 19.5 Å². The van der Waals surface area contributed by atoms with E-state index in [2.05, 4.69) is 19.5 Å². The van der Waals surface area contributed by atoms with Gasteiger partial charge in [-0.2, -0.15) is 0 Å². The predicted octanol–water partition coefficient (Wildman–Crippen LogP) is 9.87. The van der Waals surface area contributed by atoms with Crippen LogP contribution in [-0.2, 0) is 0 Å². The Kier molecular flexibility index (Phi) is 3.42. The summed E-state index contributed by atoms with van der Waals surface area (Å²) in [7, 11) is 0. The molecule has 5 heteroatoms. The van der Waals surface area contributed by atoms with Gasteiger partial charge < -0.3 is 8.98 Å². The number of fused-ring (bicyclic) bond motifs is 6. The van der Waals surface area contributed by atoms with Crippen molar-refractivity contribution in [3.8, 4) is 39.9 Å². The minimum absolute atomic E-state index is 0.0333. The van der Waals surface area contributed by atoms with Crippen molar-refractivity contribution in [2.24, 2.45) is 0 Å². The first-order valence-electron chi connectivity index (χ1n) is 19.6. The maximum absolute atomic E-state index is 9.23. The zero-order valence-corrected chi connectivity index (χ0v) is 22.6. The first kappa shape index (κ1) is 15.4. The molecule has 0 amide bonds. The van der Waals surface area contributed by atoms with Gasteiger partial charge in [0, 0.05) is 43.9 Å². The van der Waals surface area contributed by atoms with Crippen LogP contribution in [0.1, 0.15) is 16.4 Å². The molecule has 0 fully saturated rings. The molecule has 0 N–H and O–H groups in total. The summed E-state index contributed by atoms with van der Waals surface area (Å²) in [5.41, 5.74) is 1.74. The third-order valence-electron chi connectivity index (χ3n) is 7.41. The third kappa shape index (κ3) is 3.91. The number of aromatic nitrogens is 4. The fraction of sp³-hybridized carbons (Fsp3) is 0. The molecule has 0 spiro atoms. The van der Waals surface area contributed by atoms with Gasteiger partial charge in [0.15, 0.2) is 17.5 Å². The highest BCUT2D eigenvalue weighted by Gasteiger charge is 2.16. The van der Waals surface area contributed by atoms with E-state index in [1.54, 1.807) is 12.1 Å². The molecule has 0 unspecified atom stereocenters. The molecule has 3 heterocycles. The van der Waals surface area contributed by atoms with Crippen molar-refractivity contribution in [3.63, 3.8) is 0 Å². The summed E-state index contributed by atoms with van der Waals surface area (Å²) in [5.74, 6) is -0.725. The number of nitrogens with zero attached hydrogens (tertiary/aromatic N) is 4. The van der Waals surface area contributed by atoms with Crippen LogP contribution in [0.3, 0.4) is 0 Å². The summed E-state index contributed by atoms with van der Waals surface area (Å²) in [4.78, 5) is 13.8. The molecule has 0 aliphatic rings. The van der Waals surface area contributed by atoms with Gasteiger partial charge in [-0.15, -0.1) is 0 Å². The highest BCUT2D eigenvalue weighted by Crippen LogP contribution is 2.35. The number of benzene rings is 6. The Hall–Kier alpha value is -6.07. The molecule has 6 aromatic carbocycles. The average Bonchev–Trinajstić information content (AvgIpc) is 3.78. The van der Waals surface area contributed by atoms with Gasteiger partial charge in [0.05, 0.1) is 27.5 Å². The lowest BCUT2D eigenvalue weighted by atomic mass is 10.1. The molecule has 0 radical (unpaired) electrons. The molecule has 5 nitrogen and oxygen atoms in total. The van der Waals surface area contributed by atoms with Crippen LogP contribution in [0.15, 0.2) is 150 Å². The molecule has 9 rings (SSSR count). The van der Waals surface area contributed by atoms with Crippen LogP contribution in [0.25, 0.3) is 83.6 Å². The average molecular weight is 577 g/mol. The van der Waals surface area contributed by atoms with Crippen molar-refractivity contribution in [2.45, 2.75) is 0 Å². The fourth-order valence-electron chi connectivity index (χ4n) is 5.48. The van der Waals surface area contributed by atoms with Gasteiger partial charge in [0.25, 0.3) is 0 Å². The van der Waals surface area contributed by atoms with Crippen molar-refractivity contribution >= 4 is 43.7 Å². The molecule has 0 saturated heterocycles. The summed E-state index contributed by atoms with van der Waals surface area (Å²) in [6.45, 7) is 0. The Bertz CT molecular complexity index is 3110. The van der Waals surface area contributed by atoms with Crippen LogP contribution in [0.5, 0.6) is 0 Å². The second-order valence-electron chi connectivity index (χ2n) is 9.99. The summed E-state index contributed by atoms with van der Waals surface area (Å²) >= 11 is 0. The molecule has 0 aliphatic carbocycles. The monoisotopic (exact) mass is 576 g/mol. The number of para-hydroxylation sites is 3. The SMILES string of the molecule is [2H]c1c([2H])c([2H])c(-c2nc(-c3cccc(-n4c5ccccc5c5ccccc54)c3)nc(-c3c([2H])c([2H])c4c(oc5c([2H])c([2H])c([2H])c([2H])c54)c3[2H])n2)c([2H])c1[2H]. The van der Waals surface area contributed by atoms with Gasteiger partial charge in [0.2, 0.25) is 0 Å². The Balaban J connectivity index is 1.34. The summed E-state index contributed by atoms with van der Waals surface area (Å²) in [6, 6.07) is 16.3. The van der Waals surface area contributed by atoms with Gasteiger partial charge in [-0.3, -0.25) is 0 Å². The molecular formula is C39H24N4O. The summed E-state index contributed by atoms with van der Waals surface area (Å²) in [5, 5.41) is 1.75. The van der Waals surface area contributed by atoms with Gasteiger partial charge in [0.1, 0.15) is 11.2 Å². The van der Waals surface area contributed by atoms with Crippen LogP contribution in [0.2, 0.25) is 0 Å². The van der Waals surface area contributed by atoms with E-state index in [0.717, 1.165) is 27.5 Å². The van der Waals surface area contributed by atoms with Crippen molar-refractivity contribution in [1.29, 1.82) is 0 Å². The van der Waals surface area contributed by atoms with Gasteiger partial charge in [-0.1, -0.05) is 103 Å². The number of hydrogen-bond acceptors (Lipinski definition) is 4. The quantitative estimate of drug-likeness (QED) is 0.209. The van der Waals surface area contributed by atoms with E-state index in [9.17, 15) is 1.37 Å². The van der Waals surface area contributed by atoms with E-state index in [0.29, 0.717) is 5.56 Å². The zero-order chi connectivity index (χ0) is 39.5. The standard InChI is InChI=1S/C39H24N4O/c1-2-11-25(12-3-1)37-40-38(42-39(41-37)27-21-22-32-31-17-6-9-20-35(31)44-36(32)24-27)26-13-10-14-28(23-26)43-33-18-7-4-15-29(33)30-16-5-8-19-34(30)43/h1-24H/i1D,2D,3D,6D,9D,11D,12D,17D,20D,21D,22D,24D. The van der Waals surface area contributed by atoms with Crippen LogP contribution >= 0.6 is 0 Å².